The molecule has 4 aromatic rings. The number of carbonyl (C=O) groups is 1. The molecule has 3 fully saturated rings. The van der Waals surface area contributed by atoms with E-state index in [2.05, 4.69) is 53.8 Å². The number of aromatic nitrogens is 3. The molecule has 0 N–H and O–H groups in total. The highest BCUT2D eigenvalue weighted by atomic mass is 32.1. The van der Waals surface area contributed by atoms with Crippen LogP contribution < -0.4 is 9.80 Å². The molecule has 0 saturated carbocycles. The third kappa shape index (κ3) is 4.64. The number of rotatable bonds is 6. The van der Waals surface area contributed by atoms with E-state index in [1.165, 1.54) is 23.5 Å². The molecule has 3 aromatic heterocycles. The number of aryl methyl sites for hydroxylation is 2. The van der Waals surface area contributed by atoms with Crippen LogP contribution in [0, 0.1) is 35.4 Å². The standard InChI is InChI=1S/C32H35FN8OS/c1-5-25-29(38(4)31-35-28(27(14-34)43-31)21-6-8-23(33)9-7-21)26-13-24(12-20(2)41(26)36-25)40-18-32(19-40)10-11-39(17-32)30(42)22-15-37(3)16-22/h6-9,12-13,22H,5,10-11,15-19H2,1-4H3. The molecule has 6 heterocycles. The van der Waals surface area contributed by atoms with Gasteiger partial charge in [-0.15, -0.1) is 0 Å². The lowest BCUT2D eigenvalue weighted by molar-refractivity contribution is -0.139. The van der Waals surface area contributed by atoms with Gasteiger partial charge in [0.2, 0.25) is 5.91 Å². The molecular formula is C32H35FN8OS. The molecule has 0 aliphatic carbocycles. The lowest BCUT2D eigenvalue weighted by Crippen LogP contribution is -2.59. The number of fused-ring (bicyclic) bond motifs is 1. The number of amides is 1. The highest BCUT2D eigenvalue weighted by Crippen LogP contribution is 2.44. The van der Waals surface area contributed by atoms with Crippen molar-refractivity contribution < 1.29 is 9.18 Å². The summed E-state index contributed by atoms with van der Waals surface area (Å²) in [5.41, 5.74) is 6.55. The van der Waals surface area contributed by atoms with Gasteiger partial charge in [-0.25, -0.2) is 13.9 Å². The Morgan fingerprint density at radius 2 is 1.95 bits per heavy atom. The summed E-state index contributed by atoms with van der Waals surface area (Å²) in [6.07, 6.45) is 1.80. The SMILES string of the molecule is CCc1nn2c(C)cc(N3CC4(CCN(C(=O)C5CN(C)C5)C4)C3)cc2c1N(C)c1nc(-c2ccc(F)cc2)c(C#N)s1. The maximum absolute atomic E-state index is 13.6. The molecule has 0 radical (unpaired) electrons. The number of hydrogen-bond acceptors (Lipinski definition) is 8. The zero-order valence-corrected chi connectivity index (χ0v) is 25.8. The van der Waals surface area contributed by atoms with Gasteiger partial charge in [0, 0.05) is 68.7 Å². The number of halogens is 1. The van der Waals surface area contributed by atoms with Gasteiger partial charge >= 0.3 is 0 Å². The Morgan fingerprint density at radius 3 is 2.63 bits per heavy atom. The molecule has 222 valence electrons. The summed E-state index contributed by atoms with van der Waals surface area (Å²) >= 11 is 1.32. The fourth-order valence-electron chi connectivity index (χ4n) is 6.98. The maximum Gasteiger partial charge on any atom is 0.228 e. The van der Waals surface area contributed by atoms with E-state index < -0.39 is 0 Å². The van der Waals surface area contributed by atoms with Gasteiger partial charge in [-0.2, -0.15) is 10.4 Å². The third-order valence-electron chi connectivity index (χ3n) is 9.31. The highest BCUT2D eigenvalue weighted by molar-refractivity contribution is 7.16. The van der Waals surface area contributed by atoms with Gasteiger partial charge in [-0.3, -0.25) is 4.79 Å². The number of nitrogens with zero attached hydrogens (tertiary/aromatic N) is 8. The number of carbonyl (C=O) groups excluding carboxylic acids is 1. The van der Waals surface area contributed by atoms with Crippen LogP contribution in [0.2, 0.25) is 0 Å². The van der Waals surface area contributed by atoms with E-state index in [-0.39, 0.29) is 17.2 Å². The van der Waals surface area contributed by atoms with Crippen LogP contribution in [-0.4, -0.2) is 83.7 Å². The fraction of sp³-hybridized carbons (Fsp3) is 0.438. The normalized spacial score (nSPS) is 18.2. The van der Waals surface area contributed by atoms with Gasteiger partial charge in [0.15, 0.2) is 5.13 Å². The largest absolute Gasteiger partial charge is 0.370 e. The van der Waals surface area contributed by atoms with Crippen LogP contribution >= 0.6 is 11.3 Å². The second kappa shape index (κ2) is 10.3. The average Bonchev–Trinajstić information content (AvgIpc) is 3.70. The van der Waals surface area contributed by atoms with Crippen molar-refractivity contribution in [1.29, 1.82) is 5.26 Å². The Balaban J connectivity index is 1.16. The molecule has 3 aliphatic heterocycles. The van der Waals surface area contributed by atoms with E-state index >= 15 is 0 Å². The van der Waals surface area contributed by atoms with Gasteiger partial charge in [-0.05, 0) is 63.2 Å². The molecule has 3 aliphatic rings. The molecule has 1 spiro atoms. The van der Waals surface area contributed by atoms with Crippen molar-refractivity contribution in [1.82, 2.24) is 24.4 Å². The first-order valence-electron chi connectivity index (χ1n) is 14.8. The van der Waals surface area contributed by atoms with E-state index in [4.69, 9.17) is 10.1 Å². The summed E-state index contributed by atoms with van der Waals surface area (Å²) in [5, 5.41) is 15.5. The number of thiazole rings is 1. The number of nitriles is 1. The molecule has 1 aromatic carbocycles. The zero-order valence-electron chi connectivity index (χ0n) is 25.0. The summed E-state index contributed by atoms with van der Waals surface area (Å²) in [6, 6.07) is 12.8. The minimum absolute atomic E-state index is 0.167. The monoisotopic (exact) mass is 598 g/mol. The molecule has 9 nitrogen and oxygen atoms in total. The van der Waals surface area contributed by atoms with Crippen LogP contribution in [0.4, 0.5) is 20.9 Å². The van der Waals surface area contributed by atoms with Crippen LogP contribution in [0.1, 0.15) is 29.6 Å². The van der Waals surface area contributed by atoms with E-state index in [1.54, 1.807) is 12.1 Å². The van der Waals surface area contributed by atoms with E-state index in [9.17, 15) is 14.4 Å². The second-order valence-corrected chi connectivity index (χ2v) is 13.4. The van der Waals surface area contributed by atoms with Crippen LogP contribution in [-0.2, 0) is 11.2 Å². The zero-order chi connectivity index (χ0) is 30.0. The van der Waals surface area contributed by atoms with Gasteiger partial charge in [0.05, 0.1) is 22.8 Å². The minimum atomic E-state index is -0.325. The smallest absolute Gasteiger partial charge is 0.228 e. The molecule has 0 unspecified atom stereocenters. The van der Waals surface area contributed by atoms with Crippen molar-refractivity contribution in [3.8, 4) is 17.3 Å². The number of likely N-dealkylation sites (tertiary alicyclic amines) is 2. The Kier molecular flexibility index (Phi) is 6.67. The second-order valence-electron chi connectivity index (χ2n) is 12.4. The molecule has 7 rings (SSSR count). The molecular weight excluding hydrogens is 563 g/mol. The van der Waals surface area contributed by atoms with E-state index in [0.29, 0.717) is 27.2 Å². The average molecular weight is 599 g/mol. The van der Waals surface area contributed by atoms with Crippen molar-refractivity contribution in [2.75, 3.05) is 63.2 Å². The Hall–Kier alpha value is -4.01. The Morgan fingerprint density at radius 1 is 1.21 bits per heavy atom. The lowest BCUT2D eigenvalue weighted by Gasteiger charge is -2.49. The highest BCUT2D eigenvalue weighted by Gasteiger charge is 2.50. The maximum atomic E-state index is 13.6. The number of benzene rings is 1. The predicted octanol–water partition coefficient (Wildman–Crippen LogP) is 4.71. The van der Waals surface area contributed by atoms with Gasteiger partial charge in [0.1, 0.15) is 22.5 Å². The number of anilines is 3. The molecule has 0 atom stereocenters. The van der Waals surface area contributed by atoms with Crippen LogP contribution in [0.25, 0.3) is 16.8 Å². The predicted molar refractivity (Wildman–Crippen MR) is 166 cm³/mol. The summed E-state index contributed by atoms with van der Waals surface area (Å²) in [6.45, 7) is 9.52. The number of hydrogen-bond donors (Lipinski definition) is 0. The first-order chi connectivity index (χ1) is 20.7. The van der Waals surface area contributed by atoms with Crippen molar-refractivity contribution in [2.24, 2.45) is 11.3 Å². The molecule has 11 heteroatoms. The molecule has 1 amide bonds. The summed E-state index contributed by atoms with van der Waals surface area (Å²) < 4.78 is 15.6. The molecule has 43 heavy (non-hydrogen) atoms. The summed E-state index contributed by atoms with van der Waals surface area (Å²) in [7, 11) is 4.03. The van der Waals surface area contributed by atoms with Crippen molar-refractivity contribution in [3.63, 3.8) is 0 Å². The van der Waals surface area contributed by atoms with Crippen LogP contribution in [0.15, 0.2) is 36.4 Å². The molecule has 0 bridgehead atoms. The van der Waals surface area contributed by atoms with Crippen molar-refractivity contribution in [2.45, 2.75) is 26.7 Å². The van der Waals surface area contributed by atoms with Crippen LogP contribution in [0.3, 0.4) is 0 Å². The lowest BCUT2D eigenvalue weighted by atomic mass is 9.78. The first kappa shape index (κ1) is 27.8. The van der Waals surface area contributed by atoms with Crippen LogP contribution in [0.5, 0.6) is 0 Å². The van der Waals surface area contributed by atoms with Gasteiger partial charge in [-0.1, -0.05) is 18.3 Å². The summed E-state index contributed by atoms with van der Waals surface area (Å²) in [5.74, 6) is 0.169. The number of pyridine rings is 1. The van der Waals surface area contributed by atoms with Crippen molar-refractivity contribution >= 4 is 39.3 Å². The topological polar surface area (TPSA) is 84.0 Å². The quantitative estimate of drug-likeness (QED) is 0.318. The fourth-order valence-corrected chi connectivity index (χ4v) is 7.83. The Labute approximate surface area is 254 Å². The first-order valence-corrected chi connectivity index (χ1v) is 15.7. The van der Waals surface area contributed by atoms with E-state index in [1.807, 2.05) is 16.5 Å². The van der Waals surface area contributed by atoms with Crippen molar-refractivity contribution in [3.05, 3.63) is 58.5 Å². The molecule has 3 saturated heterocycles. The summed E-state index contributed by atoms with van der Waals surface area (Å²) in [4.78, 5) is 27.0. The Bertz CT molecular complexity index is 1760. The van der Waals surface area contributed by atoms with Gasteiger partial charge < -0.3 is 19.6 Å². The van der Waals surface area contributed by atoms with E-state index in [0.717, 1.165) is 80.4 Å². The van der Waals surface area contributed by atoms with Gasteiger partial charge in [0.25, 0.3) is 0 Å². The third-order valence-corrected chi connectivity index (χ3v) is 10.4. The minimum Gasteiger partial charge on any atom is -0.370 e.